The first kappa shape index (κ1) is 20.3. The van der Waals surface area contributed by atoms with Crippen LogP contribution in [0.25, 0.3) is 0 Å². The molecular formula is C22H38N2O. The summed E-state index contributed by atoms with van der Waals surface area (Å²) in [5.74, 6) is 0.513. The Bertz CT molecular complexity index is 573. The maximum Gasteiger partial charge on any atom is 0.122 e. The Hall–Kier alpha value is -1.06. The maximum absolute atomic E-state index is 10.9. The zero-order valence-corrected chi connectivity index (χ0v) is 17.4. The van der Waals surface area contributed by atoms with Crippen molar-refractivity contribution >= 4 is 0 Å². The number of nitrogens with zero attached hydrogens (tertiary/aromatic N) is 2. The maximum atomic E-state index is 10.9. The van der Waals surface area contributed by atoms with Crippen molar-refractivity contribution in [2.24, 2.45) is 0 Å². The minimum Gasteiger partial charge on any atom is -0.507 e. The molecule has 1 aliphatic rings. The Morgan fingerprint density at radius 3 is 2.04 bits per heavy atom. The summed E-state index contributed by atoms with van der Waals surface area (Å²) in [6.45, 7) is 19.1. The van der Waals surface area contributed by atoms with Crippen LogP contribution in [0.5, 0.6) is 5.75 Å². The smallest absolute Gasteiger partial charge is 0.122 e. The zero-order chi connectivity index (χ0) is 18.8. The fraction of sp³-hybridized carbons (Fsp3) is 0.727. The molecule has 0 aliphatic carbocycles. The summed E-state index contributed by atoms with van der Waals surface area (Å²) in [6.07, 6.45) is 2.06. The SMILES string of the molecule is CN1CCN(CCCc2cc(C(C)(C)C)cc(C(C)(C)C)c2O)CC1. The van der Waals surface area contributed by atoms with Gasteiger partial charge in [-0.2, -0.15) is 0 Å². The van der Waals surface area contributed by atoms with Gasteiger partial charge in [0, 0.05) is 26.2 Å². The molecule has 0 spiro atoms. The summed E-state index contributed by atoms with van der Waals surface area (Å²) >= 11 is 0. The molecule has 0 unspecified atom stereocenters. The fourth-order valence-corrected chi connectivity index (χ4v) is 3.45. The molecule has 1 N–H and O–H groups in total. The van der Waals surface area contributed by atoms with E-state index >= 15 is 0 Å². The van der Waals surface area contributed by atoms with Crippen LogP contribution in [-0.4, -0.2) is 54.7 Å². The van der Waals surface area contributed by atoms with Crippen molar-refractivity contribution in [3.63, 3.8) is 0 Å². The molecule has 1 heterocycles. The summed E-state index contributed by atoms with van der Waals surface area (Å²) in [5.41, 5.74) is 3.57. The molecule has 25 heavy (non-hydrogen) atoms. The lowest BCUT2D eigenvalue weighted by atomic mass is 9.78. The van der Waals surface area contributed by atoms with E-state index in [1.165, 1.54) is 18.7 Å². The van der Waals surface area contributed by atoms with E-state index in [1.54, 1.807) is 0 Å². The van der Waals surface area contributed by atoms with Crippen LogP contribution in [0.1, 0.15) is 64.7 Å². The molecule has 0 aromatic heterocycles. The van der Waals surface area contributed by atoms with Gasteiger partial charge in [0.1, 0.15) is 5.75 Å². The predicted molar refractivity (Wildman–Crippen MR) is 108 cm³/mol. The number of piperazine rings is 1. The van der Waals surface area contributed by atoms with E-state index in [9.17, 15) is 5.11 Å². The number of likely N-dealkylation sites (N-methyl/N-ethyl adjacent to an activating group) is 1. The van der Waals surface area contributed by atoms with Crippen molar-refractivity contribution in [2.45, 2.75) is 65.2 Å². The highest BCUT2D eigenvalue weighted by Gasteiger charge is 2.25. The van der Waals surface area contributed by atoms with Gasteiger partial charge in [0.15, 0.2) is 0 Å². The molecule has 142 valence electrons. The van der Waals surface area contributed by atoms with Gasteiger partial charge in [-0.3, -0.25) is 0 Å². The quantitative estimate of drug-likeness (QED) is 0.886. The van der Waals surface area contributed by atoms with E-state index in [0.29, 0.717) is 5.75 Å². The molecule has 1 aliphatic heterocycles. The van der Waals surface area contributed by atoms with Gasteiger partial charge in [-0.15, -0.1) is 0 Å². The lowest BCUT2D eigenvalue weighted by Crippen LogP contribution is -2.44. The molecule has 3 heteroatoms. The topological polar surface area (TPSA) is 26.7 Å². The van der Waals surface area contributed by atoms with E-state index in [0.717, 1.165) is 43.6 Å². The average molecular weight is 347 g/mol. The molecule has 0 radical (unpaired) electrons. The van der Waals surface area contributed by atoms with Gasteiger partial charge in [-0.05, 0) is 54.0 Å². The molecule has 2 rings (SSSR count). The standard InChI is InChI=1S/C22H38N2O/c1-21(2,3)18-15-17(20(25)19(16-18)22(4,5)6)9-8-10-24-13-11-23(7)12-14-24/h15-16,25H,8-14H2,1-7H3. The Kier molecular flexibility index (Phi) is 6.22. The molecule has 1 saturated heterocycles. The number of rotatable bonds is 4. The van der Waals surface area contributed by atoms with Gasteiger partial charge < -0.3 is 14.9 Å². The van der Waals surface area contributed by atoms with E-state index in [1.807, 2.05) is 0 Å². The van der Waals surface area contributed by atoms with Gasteiger partial charge in [0.25, 0.3) is 0 Å². The highest BCUT2D eigenvalue weighted by Crippen LogP contribution is 2.38. The summed E-state index contributed by atoms with van der Waals surface area (Å²) in [4.78, 5) is 4.94. The second-order valence-corrected chi connectivity index (χ2v) is 9.78. The third-order valence-corrected chi connectivity index (χ3v) is 5.38. The van der Waals surface area contributed by atoms with Crippen LogP contribution in [0.2, 0.25) is 0 Å². The second kappa shape index (κ2) is 7.67. The molecular weight excluding hydrogens is 308 g/mol. The normalized spacial score (nSPS) is 17.9. The van der Waals surface area contributed by atoms with E-state index in [2.05, 4.69) is 70.5 Å². The minimum atomic E-state index is -0.0441. The third kappa shape index (κ3) is 5.46. The van der Waals surface area contributed by atoms with Crippen LogP contribution in [0.15, 0.2) is 12.1 Å². The molecule has 1 aromatic carbocycles. The Morgan fingerprint density at radius 2 is 1.52 bits per heavy atom. The van der Waals surface area contributed by atoms with Crippen molar-refractivity contribution in [1.29, 1.82) is 0 Å². The fourth-order valence-electron chi connectivity index (χ4n) is 3.45. The van der Waals surface area contributed by atoms with Crippen LogP contribution < -0.4 is 0 Å². The minimum absolute atomic E-state index is 0.0441. The molecule has 0 atom stereocenters. The van der Waals surface area contributed by atoms with E-state index in [-0.39, 0.29) is 10.8 Å². The van der Waals surface area contributed by atoms with E-state index in [4.69, 9.17) is 0 Å². The Balaban J connectivity index is 2.13. The molecule has 1 aromatic rings. The van der Waals surface area contributed by atoms with Crippen LogP contribution in [0.3, 0.4) is 0 Å². The largest absolute Gasteiger partial charge is 0.507 e. The lowest BCUT2D eigenvalue weighted by molar-refractivity contribution is 0.153. The van der Waals surface area contributed by atoms with Crippen molar-refractivity contribution in [3.05, 3.63) is 28.8 Å². The van der Waals surface area contributed by atoms with Gasteiger partial charge in [0.05, 0.1) is 0 Å². The van der Waals surface area contributed by atoms with Crippen LogP contribution >= 0.6 is 0 Å². The van der Waals surface area contributed by atoms with Gasteiger partial charge in [-0.25, -0.2) is 0 Å². The molecule has 0 amide bonds. The number of hydrogen-bond acceptors (Lipinski definition) is 3. The van der Waals surface area contributed by atoms with Crippen LogP contribution in [0.4, 0.5) is 0 Å². The number of phenolic OH excluding ortho intramolecular Hbond substituents is 1. The van der Waals surface area contributed by atoms with Crippen molar-refractivity contribution < 1.29 is 5.11 Å². The van der Waals surface area contributed by atoms with Gasteiger partial charge in [-0.1, -0.05) is 53.7 Å². The number of aryl methyl sites for hydroxylation is 1. The number of phenols is 1. The predicted octanol–water partition coefficient (Wildman–Crippen LogP) is 4.17. The van der Waals surface area contributed by atoms with Crippen molar-refractivity contribution in [1.82, 2.24) is 9.80 Å². The number of benzene rings is 1. The summed E-state index contributed by atoms with van der Waals surface area (Å²) in [6, 6.07) is 4.44. The van der Waals surface area contributed by atoms with E-state index < -0.39 is 0 Å². The Labute approximate surface area is 155 Å². The van der Waals surface area contributed by atoms with Gasteiger partial charge >= 0.3 is 0 Å². The Morgan fingerprint density at radius 1 is 0.920 bits per heavy atom. The highest BCUT2D eigenvalue weighted by molar-refractivity contribution is 5.48. The molecule has 0 saturated carbocycles. The molecule has 3 nitrogen and oxygen atoms in total. The first-order valence-electron chi connectivity index (χ1n) is 9.76. The molecule has 0 bridgehead atoms. The van der Waals surface area contributed by atoms with Crippen LogP contribution in [0, 0.1) is 0 Å². The first-order chi connectivity index (χ1) is 11.5. The molecule has 1 fully saturated rings. The summed E-state index contributed by atoms with van der Waals surface area (Å²) < 4.78 is 0. The summed E-state index contributed by atoms with van der Waals surface area (Å²) in [7, 11) is 2.20. The highest BCUT2D eigenvalue weighted by atomic mass is 16.3. The van der Waals surface area contributed by atoms with Gasteiger partial charge in [0.2, 0.25) is 0 Å². The number of aromatic hydroxyl groups is 1. The second-order valence-electron chi connectivity index (χ2n) is 9.78. The summed E-state index contributed by atoms with van der Waals surface area (Å²) in [5, 5.41) is 10.9. The average Bonchev–Trinajstić information content (AvgIpc) is 2.48. The third-order valence-electron chi connectivity index (χ3n) is 5.38. The van der Waals surface area contributed by atoms with Crippen LogP contribution in [-0.2, 0) is 17.3 Å². The zero-order valence-electron chi connectivity index (χ0n) is 17.4. The van der Waals surface area contributed by atoms with Crippen molar-refractivity contribution in [2.75, 3.05) is 39.8 Å². The van der Waals surface area contributed by atoms with Crippen molar-refractivity contribution in [3.8, 4) is 5.75 Å². The number of hydrogen-bond donors (Lipinski definition) is 1. The monoisotopic (exact) mass is 346 g/mol. The lowest BCUT2D eigenvalue weighted by Gasteiger charge is -2.32. The first-order valence-corrected chi connectivity index (χ1v) is 9.76.